The van der Waals surface area contributed by atoms with E-state index in [0.29, 0.717) is 5.56 Å². The summed E-state index contributed by atoms with van der Waals surface area (Å²) in [7, 11) is 0. The summed E-state index contributed by atoms with van der Waals surface area (Å²) in [4.78, 5) is 13.9. The summed E-state index contributed by atoms with van der Waals surface area (Å²) in [5, 5.41) is 9.09. The van der Waals surface area contributed by atoms with Gasteiger partial charge in [0.25, 0.3) is 5.91 Å². The Morgan fingerprint density at radius 1 is 1.62 bits per heavy atom. The number of aromatic hydroxyl groups is 1. The highest BCUT2D eigenvalue weighted by atomic mass is 16.3. The van der Waals surface area contributed by atoms with Gasteiger partial charge in [-0.15, -0.1) is 0 Å². The van der Waals surface area contributed by atoms with Gasteiger partial charge in [0, 0.05) is 23.7 Å². The minimum Gasteiger partial charge on any atom is -0.504 e. The lowest BCUT2D eigenvalue weighted by atomic mass is 10.2. The first kappa shape index (κ1) is 8.87. The number of nitrogens with zero attached hydrogens (tertiary/aromatic N) is 1. The maximum absolute atomic E-state index is 10.3. The van der Waals surface area contributed by atoms with Gasteiger partial charge in [-0.25, -0.2) is 4.98 Å². The van der Waals surface area contributed by atoms with E-state index in [4.69, 9.17) is 16.6 Å². The van der Waals surface area contributed by atoms with Gasteiger partial charge >= 0.3 is 0 Å². The number of rotatable bonds is 0. The molecular weight excluding hydrogens is 170 g/mol. The number of carbonyl (C=O) groups excluding carboxylic acids is 1. The van der Waals surface area contributed by atoms with Crippen molar-refractivity contribution in [2.24, 2.45) is 5.73 Å². The molecule has 0 fully saturated rings. The SMILES string of the molecule is NC(=O)C#Cc1cnc(N)c(O)c1. The number of aromatic nitrogens is 1. The van der Waals surface area contributed by atoms with Crippen molar-refractivity contribution in [1.82, 2.24) is 4.98 Å². The Morgan fingerprint density at radius 2 is 2.31 bits per heavy atom. The molecule has 0 bridgehead atoms. The molecule has 0 radical (unpaired) electrons. The average Bonchev–Trinajstić information content (AvgIpc) is 2.07. The van der Waals surface area contributed by atoms with Crippen molar-refractivity contribution in [2.45, 2.75) is 0 Å². The summed E-state index contributed by atoms with van der Waals surface area (Å²) < 4.78 is 0. The molecule has 13 heavy (non-hydrogen) atoms. The molecule has 1 amide bonds. The first-order chi connectivity index (χ1) is 6.09. The van der Waals surface area contributed by atoms with Crippen LogP contribution in [0.2, 0.25) is 0 Å². The second kappa shape index (κ2) is 3.45. The van der Waals surface area contributed by atoms with Gasteiger partial charge in [-0.1, -0.05) is 5.92 Å². The van der Waals surface area contributed by atoms with Crippen LogP contribution in [-0.4, -0.2) is 16.0 Å². The minimum atomic E-state index is -0.740. The van der Waals surface area contributed by atoms with E-state index in [1.807, 2.05) is 0 Å². The van der Waals surface area contributed by atoms with Crippen LogP contribution >= 0.6 is 0 Å². The number of nitrogen functional groups attached to an aromatic ring is 1. The quantitative estimate of drug-likeness (QED) is 0.451. The Hall–Kier alpha value is -2.22. The first-order valence-corrected chi connectivity index (χ1v) is 3.35. The summed E-state index contributed by atoms with van der Waals surface area (Å²) in [5.41, 5.74) is 10.4. The van der Waals surface area contributed by atoms with Crippen LogP contribution in [0.3, 0.4) is 0 Å². The first-order valence-electron chi connectivity index (χ1n) is 3.35. The van der Waals surface area contributed by atoms with Crippen LogP contribution in [0.4, 0.5) is 5.82 Å². The van der Waals surface area contributed by atoms with Crippen LogP contribution in [0.25, 0.3) is 0 Å². The Morgan fingerprint density at radius 3 is 2.85 bits per heavy atom. The zero-order chi connectivity index (χ0) is 9.84. The molecule has 0 aliphatic heterocycles. The standard InChI is InChI=1S/C8H7N3O2/c9-7(13)2-1-5-3-6(12)8(10)11-4-5/h3-4,12H,(H2,9,13)(H2,10,11). The summed E-state index contributed by atoms with van der Waals surface area (Å²) in [6, 6.07) is 1.30. The molecule has 0 spiro atoms. The molecule has 0 aliphatic rings. The summed E-state index contributed by atoms with van der Waals surface area (Å²) >= 11 is 0. The van der Waals surface area contributed by atoms with Crippen molar-refractivity contribution in [1.29, 1.82) is 0 Å². The van der Waals surface area contributed by atoms with Crippen molar-refractivity contribution in [2.75, 3.05) is 5.73 Å². The predicted octanol–water partition coefficient (Wildman–Crippen LogP) is -0.794. The predicted molar refractivity (Wildman–Crippen MR) is 46.4 cm³/mol. The molecule has 0 aliphatic carbocycles. The van der Waals surface area contributed by atoms with Gasteiger partial charge in [-0.05, 0) is 0 Å². The number of hydrogen-bond acceptors (Lipinski definition) is 4. The van der Waals surface area contributed by atoms with E-state index in [1.54, 1.807) is 0 Å². The molecule has 0 saturated carbocycles. The molecule has 1 rings (SSSR count). The third-order valence-corrected chi connectivity index (χ3v) is 1.23. The zero-order valence-corrected chi connectivity index (χ0v) is 6.61. The van der Waals surface area contributed by atoms with E-state index in [-0.39, 0.29) is 11.6 Å². The van der Waals surface area contributed by atoms with Crippen LogP contribution < -0.4 is 11.5 Å². The number of pyridine rings is 1. The summed E-state index contributed by atoms with van der Waals surface area (Å²) in [6.45, 7) is 0. The molecule has 0 aromatic carbocycles. The highest BCUT2D eigenvalue weighted by molar-refractivity contribution is 5.92. The Labute approximate surface area is 74.4 Å². The van der Waals surface area contributed by atoms with Gasteiger partial charge in [0.05, 0.1) is 0 Å². The van der Waals surface area contributed by atoms with Crippen molar-refractivity contribution in [3.8, 4) is 17.6 Å². The Kier molecular flexibility index (Phi) is 2.36. The van der Waals surface area contributed by atoms with Gasteiger partial charge in [-0.2, -0.15) is 0 Å². The molecule has 5 heteroatoms. The second-order valence-electron chi connectivity index (χ2n) is 2.24. The molecule has 0 saturated heterocycles. The topological polar surface area (TPSA) is 102 Å². The van der Waals surface area contributed by atoms with E-state index in [2.05, 4.69) is 16.8 Å². The highest BCUT2D eigenvalue weighted by Crippen LogP contribution is 2.16. The number of hydrogen-bond donors (Lipinski definition) is 3. The van der Waals surface area contributed by atoms with E-state index in [0.717, 1.165) is 0 Å². The molecule has 66 valence electrons. The van der Waals surface area contributed by atoms with Crippen LogP contribution in [0.5, 0.6) is 5.75 Å². The molecule has 1 heterocycles. The molecule has 1 aromatic heterocycles. The molecule has 0 unspecified atom stereocenters. The lowest BCUT2D eigenvalue weighted by Gasteiger charge is -1.95. The van der Waals surface area contributed by atoms with Crippen molar-refractivity contribution in [3.05, 3.63) is 17.8 Å². The molecule has 5 N–H and O–H groups in total. The van der Waals surface area contributed by atoms with Crippen molar-refractivity contribution in [3.63, 3.8) is 0 Å². The summed E-state index contributed by atoms with van der Waals surface area (Å²) in [5.74, 6) is 3.62. The largest absolute Gasteiger partial charge is 0.504 e. The second-order valence-corrected chi connectivity index (χ2v) is 2.24. The third kappa shape index (κ3) is 2.38. The number of anilines is 1. The van der Waals surface area contributed by atoms with Crippen LogP contribution in [0, 0.1) is 11.8 Å². The fraction of sp³-hybridized carbons (Fsp3) is 0. The van der Waals surface area contributed by atoms with Crippen LogP contribution in [-0.2, 0) is 4.79 Å². The van der Waals surface area contributed by atoms with Crippen LogP contribution in [0.15, 0.2) is 12.3 Å². The third-order valence-electron chi connectivity index (χ3n) is 1.23. The fourth-order valence-electron chi connectivity index (χ4n) is 0.666. The van der Waals surface area contributed by atoms with Crippen molar-refractivity contribution < 1.29 is 9.90 Å². The summed E-state index contributed by atoms with van der Waals surface area (Å²) in [6.07, 6.45) is 1.34. The van der Waals surface area contributed by atoms with Crippen molar-refractivity contribution >= 4 is 11.7 Å². The maximum atomic E-state index is 10.3. The fourth-order valence-corrected chi connectivity index (χ4v) is 0.666. The number of amides is 1. The monoisotopic (exact) mass is 177 g/mol. The Balaban J connectivity index is 3.00. The zero-order valence-electron chi connectivity index (χ0n) is 6.61. The lowest BCUT2D eigenvalue weighted by molar-refractivity contribution is -0.112. The number of nitrogens with two attached hydrogens (primary N) is 2. The minimum absolute atomic E-state index is 0.0182. The van der Waals surface area contributed by atoms with Gasteiger partial charge in [0.1, 0.15) is 0 Å². The molecule has 5 nitrogen and oxygen atoms in total. The Bertz CT molecular complexity index is 404. The lowest BCUT2D eigenvalue weighted by Crippen LogP contribution is -2.06. The smallest absolute Gasteiger partial charge is 0.293 e. The van der Waals surface area contributed by atoms with Gasteiger partial charge in [0.2, 0.25) is 0 Å². The van der Waals surface area contributed by atoms with E-state index >= 15 is 0 Å². The van der Waals surface area contributed by atoms with E-state index < -0.39 is 5.91 Å². The molecule has 1 aromatic rings. The van der Waals surface area contributed by atoms with Gasteiger partial charge in [-0.3, -0.25) is 4.79 Å². The average molecular weight is 177 g/mol. The normalized spacial score (nSPS) is 8.62. The van der Waals surface area contributed by atoms with Gasteiger partial charge < -0.3 is 16.6 Å². The van der Waals surface area contributed by atoms with E-state index in [1.165, 1.54) is 12.3 Å². The number of carbonyl (C=O) groups is 1. The van der Waals surface area contributed by atoms with E-state index in [9.17, 15) is 4.79 Å². The van der Waals surface area contributed by atoms with Gasteiger partial charge in [0.15, 0.2) is 11.6 Å². The maximum Gasteiger partial charge on any atom is 0.293 e. The van der Waals surface area contributed by atoms with Crippen LogP contribution in [0.1, 0.15) is 5.56 Å². The molecule has 0 atom stereocenters. The number of primary amides is 1. The molecular formula is C8H7N3O2. The highest BCUT2D eigenvalue weighted by Gasteiger charge is 1.97.